The minimum atomic E-state index is -1.00. The van der Waals surface area contributed by atoms with Crippen molar-refractivity contribution in [2.24, 2.45) is 47.3 Å². The molecule has 2 saturated heterocycles. The van der Waals surface area contributed by atoms with Crippen LogP contribution in [-0.2, 0) is 66.9 Å². The van der Waals surface area contributed by atoms with Crippen molar-refractivity contribution in [3.63, 3.8) is 0 Å². The average Bonchev–Trinajstić information content (AvgIpc) is 1.33. The van der Waals surface area contributed by atoms with E-state index in [-0.39, 0.29) is 108 Å². The zero-order chi connectivity index (χ0) is 80.3. The highest BCUT2D eigenvalue weighted by Gasteiger charge is 2.46. The van der Waals surface area contributed by atoms with Crippen LogP contribution in [-0.4, -0.2) is 275 Å². The number of aromatic nitrogens is 1. The largest absolute Gasteiger partial charge is 0.379 e. The molecule has 0 aliphatic carbocycles. The molecule has 20 atom stereocenters. The summed E-state index contributed by atoms with van der Waals surface area (Å²) in [6, 6.07) is -2.80. The summed E-state index contributed by atoms with van der Waals surface area (Å²) < 4.78 is 24.1. The zero-order valence-electron chi connectivity index (χ0n) is 68.8. The molecule has 106 heavy (non-hydrogen) atoms. The highest BCUT2D eigenvalue weighted by Crippen LogP contribution is 2.31. The fraction of sp³-hybridized carbons (Fsp3) is 0.805. The molecule has 0 radical (unpaired) electrons. The molecule has 1 aromatic heterocycles. The van der Waals surface area contributed by atoms with Crippen LogP contribution in [0.25, 0.3) is 0 Å². The summed E-state index contributed by atoms with van der Waals surface area (Å²) in [7, 11) is 16.9. The maximum absolute atomic E-state index is 14.4. The maximum atomic E-state index is 14.4. The third-order valence-corrected chi connectivity index (χ3v) is 22.9. The van der Waals surface area contributed by atoms with Gasteiger partial charge >= 0.3 is 0 Å². The van der Waals surface area contributed by atoms with Gasteiger partial charge in [-0.05, 0) is 138 Å². The maximum Gasteiger partial charge on any atom is 0.248 e. The topological polar surface area (TPSA) is 330 Å². The molecule has 2 fully saturated rings. The molecule has 29 heteroatoms. The van der Waals surface area contributed by atoms with Gasteiger partial charge in [0.15, 0.2) is 11.6 Å². The van der Waals surface area contributed by atoms with Gasteiger partial charge in [-0.3, -0.25) is 57.7 Å². The number of ketones is 2. The van der Waals surface area contributed by atoms with Crippen LogP contribution in [0.4, 0.5) is 11.6 Å². The van der Waals surface area contributed by atoms with Crippen molar-refractivity contribution in [3.8, 4) is 0 Å². The van der Waals surface area contributed by atoms with Crippen LogP contribution in [0.5, 0.6) is 0 Å². The van der Waals surface area contributed by atoms with E-state index in [1.54, 1.807) is 55.9 Å². The molecule has 0 spiro atoms. The van der Waals surface area contributed by atoms with Crippen LogP contribution in [0.15, 0.2) is 18.2 Å². The van der Waals surface area contributed by atoms with Crippen molar-refractivity contribution in [2.75, 3.05) is 105 Å². The Morgan fingerprint density at radius 2 is 0.821 bits per heavy atom. The zero-order valence-corrected chi connectivity index (χ0v) is 70.5. The third kappa shape index (κ3) is 27.0. The van der Waals surface area contributed by atoms with Gasteiger partial charge in [-0.2, -0.15) is 23.5 Å². The number of methoxy groups -OCH3 is 4. The predicted octanol–water partition coefficient (Wildman–Crippen LogP) is 6.13. The molecule has 606 valence electrons. The molecule has 0 saturated carbocycles. The summed E-state index contributed by atoms with van der Waals surface area (Å²) in [6.45, 7) is 27.0. The van der Waals surface area contributed by atoms with Gasteiger partial charge in [0.25, 0.3) is 0 Å². The molecule has 0 bridgehead atoms. The van der Waals surface area contributed by atoms with E-state index in [1.165, 1.54) is 52.0 Å². The number of hydrogen-bond acceptors (Lipinski definition) is 21. The average molecular weight is 1530 g/mol. The Hall–Kier alpha value is -5.37. The molecular formula is C77H137N13O14S2. The van der Waals surface area contributed by atoms with E-state index >= 15 is 0 Å². The standard InChI is InChI=1S/C77H137N13O14S2/c1-27-46(11)66(89(19)76(99)62(42(3)4)85-74(97)64(44(7)8)87(15)16)58(101-21)40-56(91)50-32-34-52(78-50)68(103-23)48(13)70(93)80-54(36-38-105-25)72(95)83-60-30-29-31-61(82-60)84-73(96)55(37-39-106-26)81-71(94)49(14)69(104-24)53-35-33-51(79-53)57(92)41-59(102-22)67(47(12)28-2)90(20)77(100)63(43(5)6)86-75(98)65(45(9)10)88(17)18/h29-31,42-55,58-59,62-69,78-79H,27-28,32-41H2,1-26H3,(H,80,93)(H,81,94)(H,85,97)(H,86,98)(H2,82,83,84,95,96). The van der Waals surface area contributed by atoms with E-state index < -0.39 is 132 Å². The number of nitrogens with one attached hydrogen (secondary N) is 8. The summed E-state index contributed by atoms with van der Waals surface area (Å²) in [6.07, 6.45) is 4.92. The molecule has 0 aromatic carbocycles. The van der Waals surface area contributed by atoms with Gasteiger partial charge in [0.05, 0.1) is 72.5 Å². The van der Waals surface area contributed by atoms with Gasteiger partial charge in [0.1, 0.15) is 35.8 Å². The van der Waals surface area contributed by atoms with E-state index in [2.05, 4.69) is 47.5 Å². The number of ether oxygens (including phenoxy) is 4. The number of rotatable bonds is 48. The van der Waals surface area contributed by atoms with Gasteiger partial charge in [-0.25, -0.2) is 4.98 Å². The Bertz CT molecular complexity index is 2760. The molecule has 8 amide bonds. The molecule has 3 rings (SSSR count). The smallest absolute Gasteiger partial charge is 0.248 e. The van der Waals surface area contributed by atoms with E-state index in [0.29, 0.717) is 50.0 Å². The number of pyridine rings is 1. The summed E-state index contributed by atoms with van der Waals surface area (Å²) in [4.78, 5) is 153. The number of carbonyl (C=O) groups is 10. The molecule has 2 aliphatic heterocycles. The fourth-order valence-electron chi connectivity index (χ4n) is 15.3. The van der Waals surface area contributed by atoms with E-state index in [4.69, 9.17) is 18.9 Å². The van der Waals surface area contributed by atoms with Crippen LogP contribution in [0.1, 0.15) is 161 Å². The number of amides is 8. The molecular weight excluding hydrogens is 1400 g/mol. The van der Waals surface area contributed by atoms with Crippen molar-refractivity contribution >= 4 is 94.0 Å². The van der Waals surface area contributed by atoms with Gasteiger partial charge in [-0.1, -0.05) is 116 Å². The Labute approximate surface area is 643 Å². The number of anilines is 2. The Morgan fingerprint density at radius 1 is 0.481 bits per heavy atom. The van der Waals surface area contributed by atoms with Crippen LogP contribution < -0.4 is 42.5 Å². The minimum Gasteiger partial charge on any atom is -0.379 e. The normalized spacial score (nSPS) is 20.8. The van der Waals surface area contributed by atoms with E-state index in [0.717, 1.165) is 0 Å². The highest BCUT2D eigenvalue weighted by molar-refractivity contribution is 7.98. The number of thioether (sulfide) groups is 2. The van der Waals surface area contributed by atoms with Crippen molar-refractivity contribution in [2.45, 2.75) is 258 Å². The first kappa shape index (κ1) is 94.8. The number of likely N-dealkylation sites (N-methyl/N-ethyl adjacent to an activating group) is 4. The lowest BCUT2D eigenvalue weighted by Crippen LogP contribution is -2.59. The first-order valence-electron chi connectivity index (χ1n) is 38.2. The molecule has 1 aromatic rings. The quantitative estimate of drug-likeness (QED) is 0.0364. The van der Waals surface area contributed by atoms with Crippen LogP contribution in [0.2, 0.25) is 0 Å². The van der Waals surface area contributed by atoms with Crippen molar-refractivity contribution < 1.29 is 66.9 Å². The van der Waals surface area contributed by atoms with Gasteiger partial charge < -0.3 is 71.3 Å². The minimum absolute atomic E-state index is 0.000546. The molecule has 2 aliphatic rings. The SMILES string of the molecule is CCC(C)C(C(CC(=O)C1CCC(C(OC)C(C)C(=O)NC(CCSC)C(=O)Nc2cccc(NC(=O)C(CCSC)NC(=O)C(C)C(OC)C3CCC(C(=O)CC(OC)C(C(C)CC)N(C)C(=O)C(NC(=O)C(C(C)C)N(C)C)C(C)C)N3)n2)N1)OC)N(C)C(=O)C(NC(=O)C(C(C)C)N(C)C)C(C)C. The monoisotopic (exact) mass is 1530 g/mol. The van der Waals surface area contributed by atoms with Crippen molar-refractivity contribution in [1.82, 2.24) is 56.5 Å². The molecule has 3 heterocycles. The Kier molecular flexibility index (Phi) is 41.5. The number of carbonyl (C=O) groups excluding carboxylic acids is 10. The van der Waals surface area contributed by atoms with E-state index in [9.17, 15) is 47.9 Å². The second kappa shape index (κ2) is 46.3. The van der Waals surface area contributed by atoms with E-state index in [1.807, 2.05) is 134 Å². The molecule has 20 unspecified atom stereocenters. The predicted molar refractivity (Wildman–Crippen MR) is 422 cm³/mol. The second-order valence-electron chi connectivity index (χ2n) is 31.2. The second-order valence-corrected chi connectivity index (χ2v) is 33.1. The number of nitrogens with zero attached hydrogens (tertiary/aromatic N) is 5. The van der Waals surface area contributed by atoms with Crippen LogP contribution >= 0.6 is 23.5 Å². The third-order valence-electron chi connectivity index (χ3n) is 21.6. The lowest BCUT2D eigenvalue weighted by atomic mass is 9.88. The van der Waals surface area contributed by atoms with Crippen molar-refractivity contribution in [1.29, 1.82) is 0 Å². The molecule has 8 N–H and O–H groups in total. The Morgan fingerprint density at radius 3 is 1.09 bits per heavy atom. The van der Waals surface area contributed by atoms with Crippen molar-refractivity contribution in [3.05, 3.63) is 18.2 Å². The molecule has 27 nitrogen and oxygen atoms in total. The summed E-state index contributed by atoms with van der Waals surface area (Å²) in [5, 5.41) is 24.5. The number of hydrogen-bond donors (Lipinski definition) is 8. The summed E-state index contributed by atoms with van der Waals surface area (Å²) in [5.74, 6) is -4.12. The van der Waals surface area contributed by atoms with Crippen LogP contribution in [0, 0.1) is 47.3 Å². The fourth-order valence-corrected chi connectivity index (χ4v) is 16.2. The van der Waals surface area contributed by atoms with Gasteiger partial charge in [0, 0.05) is 67.5 Å². The summed E-state index contributed by atoms with van der Waals surface area (Å²) in [5.41, 5.74) is 0. The van der Waals surface area contributed by atoms with Crippen LogP contribution in [0.3, 0.4) is 0 Å². The lowest BCUT2D eigenvalue weighted by molar-refractivity contribution is -0.144. The lowest BCUT2D eigenvalue weighted by Gasteiger charge is -2.40. The first-order valence-corrected chi connectivity index (χ1v) is 41.0. The Balaban J connectivity index is 1.71. The van der Waals surface area contributed by atoms with Gasteiger partial charge in [0.2, 0.25) is 47.3 Å². The first-order chi connectivity index (χ1) is 49.9. The number of Topliss-reactive ketones (excluding diaryl/α,β-unsaturated/α-hetero) is 2. The van der Waals surface area contributed by atoms with Gasteiger partial charge in [-0.15, -0.1) is 0 Å². The highest BCUT2D eigenvalue weighted by atomic mass is 32.2. The summed E-state index contributed by atoms with van der Waals surface area (Å²) >= 11 is 3.01.